The Labute approximate surface area is 184 Å². The summed E-state index contributed by atoms with van der Waals surface area (Å²) >= 11 is 0. The maximum Gasteiger partial charge on any atom is 0.407 e. The van der Waals surface area contributed by atoms with Crippen molar-refractivity contribution in [3.63, 3.8) is 0 Å². The third kappa shape index (κ3) is 3.56. The lowest BCUT2D eigenvalue weighted by atomic mass is 9.97. The summed E-state index contributed by atoms with van der Waals surface area (Å²) in [5.74, 6) is 0.670. The van der Waals surface area contributed by atoms with Crippen LogP contribution in [0, 0.1) is 0 Å². The highest BCUT2D eigenvalue weighted by Crippen LogP contribution is 2.42. The zero-order chi connectivity index (χ0) is 22.4. The number of anilines is 3. The van der Waals surface area contributed by atoms with Crippen molar-refractivity contribution in [1.82, 2.24) is 14.7 Å². The van der Waals surface area contributed by atoms with Crippen LogP contribution in [0.2, 0.25) is 0 Å². The SMILES string of the molecule is Nc1cc2c(cc1C(F)F)N(c1nn(C3CCOCC3)c3c1CN(C(=O)O)CC3)CCC2. The Morgan fingerprint density at radius 2 is 2.00 bits per heavy atom. The second-order valence-electron chi connectivity index (χ2n) is 8.66. The summed E-state index contributed by atoms with van der Waals surface area (Å²) in [7, 11) is 0. The summed E-state index contributed by atoms with van der Waals surface area (Å²) < 4.78 is 34.7. The fraction of sp³-hybridized carbons (Fsp3) is 0.545. The van der Waals surface area contributed by atoms with E-state index in [1.54, 1.807) is 6.07 Å². The predicted octanol–water partition coefficient (Wildman–Crippen LogP) is 3.87. The average molecular weight is 447 g/mol. The molecule has 1 aromatic carbocycles. The van der Waals surface area contributed by atoms with Crippen LogP contribution in [-0.2, 0) is 24.1 Å². The molecule has 0 atom stereocenters. The molecule has 1 fully saturated rings. The van der Waals surface area contributed by atoms with E-state index in [1.807, 2.05) is 9.58 Å². The maximum absolute atomic E-state index is 13.6. The average Bonchev–Trinajstić information content (AvgIpc) is 3.17. The first-order valence-electron chi connectivity index (χ1n) is 11.1. The van der Waals surface area contributed by atoms with Crippen LogP contribution in [0.25, 0.3) is 0 Å². The number of hydrogen-bond acceptors (Lipinski definition) is 5. The van der Waals surface area contributed by atoms with E-state index in [1.165, 1.54) is 11.0 Å². The Morgan fingerprint density at radius 3 is 2.72 bits per heavy atom. The van der Waals surface area contributed by atoms with Gasteiger partial charge in [-0.3, -0.25) is 4.68 Å². The Morgan fingerprint density at radius 1 is 1.22 bits per heavy atom. The molecule has 1 saturated heterocycles. The van der Waals surface area contributed by atoms with E-state index in [2.05, 4.69) is 0 Å². The molecule has 172 valence electrons. The lowest BCUT2D eigenvalue weighted by molar-refractivity contribution is 0.0650. The summed E-state index contributed by atoms with van der Waals surface area (Å²) in [4.78, 5) is 15.1. The van der Waals surface area contributed by atoms with Crippen molar-refractivity contribution < 1.29 is 23.4 Å². The molecule has 0 aliphatic carbocycles. The van der Waals surface area contributed by atoms with Gasteiger partial charge in [0.05, 0.1) is 12.6 Å². The van der Waals surface area contributed by atoms with Crippen molar-refractivity contribution in [2.45, 2.75) is 51.1 Å². The summed E-state index contributed by atoms with van der Waals surface area (Å²) in [6.07, 6.45) is 0.229. The molecule has 10 heteroatoms. The Balaban J connectivity index is 1.62. The van der Waals surface area contributed by atoms with Crippen molar-refractivity contribution in [3.8, 4) is 0 Å². The van der Waals surface area contributed by atoms with E-state index in [4.69, 9.17) is 15.6 Å². The van der Waals surface area contributed by atoms with Gasteiger partial charge in [0.15, 0.2) is 5.82 Å². The number of aromatic nitrogens is 2. The molecule has 4 heterocycles. The third-order valence-corrected chi connectivity index (χ3v) is 6.77. The van der Waals surface area contributed by atoms with Gasteiger partial charge in [0.1, 0.15) is 0 Å². The number of nitrogens with zero attached hydrogens (tertiary/aromatic N) is 4. The van der Waals surface area contributed by atoms with Gasteiger partial charge in [-0.25, -0.2) is 13.6 Å². The Bertz CT molecular complexity index is 1040. The summed E-state index contributed by atoms with van der Waals surface area (Å²) in [5, 5.41) is 14.6. The monoisotopic (exact) mass is 447 g/mol. The van der Waals surface area contributed by atoms with Crippen LogP contribution in [0.15, 0.2) is 12.1 Å². The molecule has 5 rings (SSSR count). The minimum Gasteiger partial charge on any atom is -0.465 e. The number of rotatable bonds is 3. The first-order chi connectivity index (χ1) is 15.4. The van der Waals surface area contributed by atoms with E-state index in [9.17, 15) is 18.7 Å². The van der Waals surface area contributed by atoms with Crippen LogP contribution in [0.1, 0.15) is 54.1 Å². The topological polar surface area (TPSA) is 96.9 Å². The van der Waals surface area contributed by atoms with E-state index < -0.39 is 12.5 Å². The molecule has 0 saturated carbocycles. The zero-order valence-corrected chi connectivity index (χ0v) is 17.8. The van der Waals surface area contributed by atoms with Crippen LogP contribution in [-0.4, -0.2) is 52.2 Å². The molecule has 3 aliphatic rings. The highest BCUT2D eigenvalue weighted by atomic mass is 19.3. The number of amides is 1. The molecular formula is C22H27F2N5O3. The number of carbonyl (C=O) groups is 1. The predicted molar refractivity (Wildman–Crippen MR) is 115 cm³/mol. The van der Waals surface area contributed by atoms with Crippen LogP contribution >= 0.6 is 0 Å². The highest BCUT2D eigenvalue weighted by Gasteiger charge is 2.34. The van der Waals surface area contributed by atoms with Crippen LogP contribution in [0.4, 0.5) is 30.8 Å². The van der Waals surface area contributed by atoms with Crippen molar-refractivity contribution in [3.05, 3.63) is 34.5 Å². The normalized spacial score (nSPS) is 19.2. The van der Waals surface area contributed by atoms with Gasteiger partial charge in [-0.1, -0.05) is 0 Å². The number of hydrogen-bond donors (Lipinski definition) is 2. The third-order valence-electron chi connectivity index (χ3n) is 6.77. The van der Waals surface area contributed by atoms with Crippen molar-refractivity contribution in [2.75, 3.05) is 36.9 Å². The molecule has 3 N–H and O–H groups in total. The van der Waals surface area contributed by atoms with E-state index in [-0.39, 0.29) is 23.8 Å². The number of aryl methyl sites for hydroxylation is 1. The van der Waals surface area contributed by atoms with Crippen LogP contribution in [0.5, 0.6) is 0 Å². The van der Waals surface area contributed by atoms with Gasteiger partial charge in [-0.05, 0) is 43.4 Å². The van der Waals surface area contributed by atoms with Crippen LogP contribution < -0.4 is 10.6 Å². The number of nitrogen functional groups attached to an aromatic ring is 1. The van der Waals surface area contributed by atoms with Crippen molar-refractivity contribution >= 4 is 23.3 Å². The zero-order valence-electron chi connectivity index (χ0n) is 17.8. The molecule has 0 radical (unpaired) electrons. The molecule has 1 aromatic heterocycles. The van der Waals surface area contributed by atoms with Gasteiger partial charge in [0, 0.05) is 60.9 Å². The summed E-state index contributed by atoms with van der Waals surface area (Å²) in [6, 6.07) is 3.32. The fourth-order valence-corrected chi connectivity index (χ4v) is 5.12. The number of nitrogens with two attached hydrogens (primary N) is 1. The lowest BCUT2D eigenvalue weighted by Gasteiger charge is -2.32. The molecule has 3 aliphatic heterocycles. The molecule has 1 amide bonds. The first kappa shape index (κ1) is 21.0. The second-order valence-corrected chi connectivity index (χ2v) is 8.66. The number of fused-ring (bicyclic) bond motifs is 2. The first-order valence-corrected chi connectivity index (χ1v) is 11.1. The maximum atomic E-state index is 13.6. The van der Waals surface area contributed by atoms with Gasteiger partial charge >= 0.3 is 6.09 Å². The largest absolute Gasteiger partial charge is 0.465 e. The van der Waals surface area contributed by atoms with Crippen molar-refractivity contribution in [2.24, 2.45) is 0 Å². The smallest absolute Gasteiger partial charge is 0.407 e. The van der Waals surface area contributed by atoms with E-state index >= 15 is 0 Å². The molecule has 2 aromatic rings. The van der Waals surface area contributed by atoms with Crippen molar-refractivity contribution in [1.29, 1.82) is 0 Å². The van der Waals surface area contributed by atoms with Gasteiger partial charge < -0.3 is 25.4 Å². The Kier molecular flexibility index (Phi) is 5.40. The van der Waals surface area contributed by atoms with Gasteiger partial charge in [0.25, 0.3) is 6.43 Å². The van der Waals surface area contributed by atoms with Gasteiger partial charge in [-0.2, -0.15) is 5.10 Å². The molecule has 0 unspecified atom stereocenters. The molecule has 8 nitrogen and oxygen atoms in total. The minimum absolute atomic E-state index is 0.104. The van der Waals surface area contributed by atoms with E-state index in [0.29, 0.717) is 44.2 Å². The second kappa shape index (κ2) is 8.23. The molecule has 32 heavy (non-hydrogen) atoms. The van der Waals surface area contributed by atoms with Gasteiger partial charge in [-0.15, -0.1) is 0 Å². The fourth-order valence-electron chi connectivity index (χ4n) is 5.12. The quantitative estimate of drug-likeness (QED) is 0.694. The van der Waals surface area contributed by atoms with Crippen LogP contribution in [0.3, 0.4) is 0 Å². The van der Waals surface area contributed by atoms with E-state index in [0.717, 1.165) is 42.5 Å². The number of benzene rings is 1. The summed E-state index contributed by atoms with van der Waals surface area (Å²) in [6.45, 7) is 2.62. The summed E-state index contributed by atoms with van der Waals surface area (Å²) in [5.41, 5.74) is 9.33. The van der Waals surface area contributed by atoms with Gasteiger partial charge in [0.2, 0.25) is 0 Å². The molecular weight excluding hydrogens is 420 g/mol. The number of alkyl halides is 2. The highest BCUT2D eigenvalue weighted by molar-refractivity contribution is 5.73. The molecule has 0 bridgehead atoms. The standard InChI is InChI=1S/C22H27F2N5O3/c23-20(24)15-11-19-13(10-17(15)25)2-1-6-28(19)21-16-12-27(22(30)31)7-3-18(16)29(26-21)14-4-8-32-9-5-14/h10-11,14,20H,1-9,12,25H2,(H,30,31). The Hall–Kier alpha value is -2.88. The number of ether oxygens (including phenoxy) is 1. The minimum atomic E-state index is -2.67. The lowest BCUT2D eigenvalue weighted by Crippen LogP contribution is -2.36. The molecule has 0 spiro atoms. The number of halogens is 2. The number of carboxylic acid groups (broad SMARTS) is 1.